The standard InChI is InChI=1S/C17H14FN5/c1-12(22-17-7-2-13(9-19)8-16(17)18)14-3-5-15(6-4-14)23-11-20-10-21-23/h2-8,10-12,22H,1H3/t12-/m0/s1. The van der Waals surface area contributed by atoms with Crippen LogP contribution in [0.1, 0.15) is 24.1 Å². The molecule has 0 spiro atoms. The first kappa shape index (κ1) is 14.7. The predicted octanol–water partition coefficient (Wildman–Crippen LogP) is 3.45. The van der Waals surface area contributed by atoms with E-state index in [0.717, 1.165) is 11.3 Å². The van der Waals surface area contributed by atoms with Crippen LogP contribution in [0.25, 0.3) is 5.69 Å². The highest BCUT2D eigenvalue weighted by molar-refractivity contribution is 5.50. The highest BCUT2D eigenvalue weighted by Gasteiger charge is 2.09. The van der Waals surface area contributed by atoms with Gasteiger partial charge in [-0.25, -0.2) is 14.1 Å². The van der Waals surface area contributed by atoms with Gasteiger partial charge in [0.1, 0.15) is 18.5 Å². The molecule has 0 bridgehead atoms. The third-order valence-electron chi connectivity index (χ3n) is 3.55. The van der Waals surface area contributed by atoms with E-state index in [9.17, 15) is 4.39 Å². The number of nitrogens with zero attached hydrogens (tertiary/aromatic N) is 4. The van der Waals surface area contributed by atoms with Gasteiger partial charge < -0.3 is 5.32 Å². The van der Waals surface area contributed by atoms with Crippen LogP contribution in [-0.2, 0) is 0 Å². The first-order valence-electron chi connectivity index (χ1n) is 7.08. The summed E-state index contributed by atoms with van der Waals surface area (Å²) in [5.41, 5.74) is 2.59. The zero-order valence-corrected chi connectivity index (χ0v) is 12.4. The summed E-state index contributed by atoms with van der Waals surface area (Å²) in [5, 5.41) is 16.0. The summed E-state index contributed by atoms with van der Waals surface area (Å²) >= 11 is 0. The largest absolute Gasteiger partial charge is 0.376 e. The van der Waals surface area contributed by atoms with Crippen molar-refractivity contribution in [3.63, 3.8) is 0 Å². The van der Waals surface area contributed by atoms with E-state index in [1.807, 2.05) is 37.3 Å². The number of benzene rings is 2. The molecule has 3 rings (SSSR count). The molecule has 0 aliphatic carbocycles. The van der Waals surface area contributed by atoms with Crippen molar-refractivity contribution < 1.29 is 4.39 Å². The fraction of sp³-hybridized carbons (Fsp3) is 0.118. The van der Waals surface area contributed by atoms with Crippen molar-refractivity contribution in [1.29, 1.82) is 5.26 Å². The van der Waals surface area contributed by atoms with Gasteiger partial charge in [0.05, 0.1) is 23.0 Å². The Labute approximate surface area is 133 Å². The van der Waals surface area contributed by atoms with Crippen molar-refractivity contribution in [3.05, 3.63) is 72.1 Å². The molecule has 0 unspecified atom stereocenters. The number of rotatable bonds is 4. The lowest BCUT2D eigenvalue weighted by molar-refractivity contribution is 0.627. The number of aromatic nitrogens is 3. The molecular formula is C17H14FN5. The first-order valence-corrected chi connectivity index (χ1v) is 7.08. The van der Waals surface area contributed by atoms with Gasteiger partial charge in [0.15, 0.2) is 0 Å². The van der Waals surface area contributed by atoms with E-state index in [4.69, 9.17) is 5.26 Å². The number of nitriles is 1. The Hall–Kier alpha value is -3.20. The minimum atomic E-state index is -0.435. The molecule has 0 saturated heterocycles. The lowest BCUT2D eigenvalue weighted by Crippen LogP contribution is -2.08. The van der Waals surface area contributed by atoms with Gasteiger partial charge >= 0.3 is 0 Å². The van der Waals surface area contributed by atoms with E-state index in [1.54, 1.807) is 23.1 Å². The molecular weight excluding hydrogens is 293 g/mol. The van der Waals surface area contributed by atoms with Crippen LogP contribution in [-0.4, -0.2) is 14.8 Å². The maximum Gasteiger partial charge on any atom is 0.147 e. The van der Waals surface area contributed by atoms with E-state index in [-0.39, 0.29) is 6.04 Å². The molecule has 1 atom stereocenters. The highest BCUT2D eigenvalue weighted by Crippen LogP contribution is 2.23. The van der Waals surface area contributed by atoms with Crippen LogP contribution in [0.5, 0.6) is 0 Å². The summed E-state index contributed by atoms with van der Waals surface area (Å²) in [6, 6.07) is 14.0. The zero-order valence-electron chi connectivity index (χ0n) is 12.4. The second kappa shape index (κ2) is 6.28. The first-order chi connectivity index (χ1) is 11.2. The Bertz CT molecular complexity index is 834. The molecule has 1 N–H and O–H groups in total. The number of nitrogens with one attached hydrogen (secondary N) is 1. The van der Waals surface area contributed by atoms with Gasteiger partial charge in [-0.1, -0.05) is 12.1 Å². The SMILES string of the molecule is C[C@H](Nc1ccc(C#N)cc1F)c1ccc(-n2cncn2)cc1. The van der Waals surface area contributed by atoms with E-state index in [1.165, 1.54) is 12.4 Å². The van der Waals surface area contributed by atoms with Crippen LogP contribution in [0, 0.1) is 17.1 Å². The van der Waals surface area contributed by atoms with Crippen LogP contribution in [0.4, 0.5) is 10.1 Å². The van der Waals surface area contributed by atoms with Crippen molar-refractivity contribution in [2.45, 2.75) is 13.0 Å². The third kappa shape index (κ3) is 3.19. The molecule has 3 aromatic rings. The van der Waals surface area contributed by atoms with Crippen LogP contribution in [0.2, 0.25) is 0 Å². The molecule has 114 valence electrons. The summed E-state index contributed by atoms with van der Waals surface area (Å²) < 4.78 is 15.6. The average Bonchev–Trinajstić information content (AvgIpc) is 3.11. The molecule has 23 heavy (non-hydrogen) atoms. The Morgan fingerprint density at radius 3 is 2.61 bits per heavy atom. The summed E-state index contributed by atoms with van der Waals surface area (Å²) in [7, 11) is 0. The molecule has 0 fully saturated rings. The van der Waals surface area contributed by atoms with Crippen molar-refractivity contribution in [3.8, 4) is 11.8 Å². The Balaban J connectivity index is 1.76. The van der Waals surface area contributed by atoms with Crippen LogP contribution >= 0.6 is 0 Å². The molecule has 0 aliphatic rings. The van der Waals surface area contributed by atoms with Crippen LogP contribution < -0.4 is 5.32 Å². The maximum atomic E-state index is 13.9. The summed E-state index contributed by atoms with van der Waals surface area (Å²) in [4.78, 5) is 3.91. The smallest absolute Gasteiger partial charge is 0.147 e. The second-order valence-electron chi connectivity index (χ2n) is 5.10. The van der Waals surface area contributed by atoms with Gasteiger partial charge in [0.25, 0.3) is 0 Å². The van der Waals surface area contributed by atoms with Gasteiger partial charge in [0.2, 0.25) is 0 Å². The second-order valence-corrected chi connectivity index (χ2v) is 5.10. The van der Waals surface area contributed by atoms with Gasteiger partial charge in [0, 0.05) is 6.04 Å². The predicted molar refractivity (Wildman–Crippen MR) is 84.5 cm³/mol. The van der Waals surface area contributed by atoms with Crippen molar-refractivity contribution >= 4 is 5.69 Å². The minimum absolute atomic E-state index is 0.0813. The molecule has 0 aliphatic heterocycles. The summed E-state index contributed by atoms with van der Waals surface area (Å²) in [6.45, 7) is 1.95. The van der Waals surface area contributed by atoms with Gasteiger partial charge in [-0.05, 0) is 42.8 Å². The fourth-order valence-electron chi connectivity index (χ4n) is 2.28. The molecule has 2 aromatic carbocycles. The lowest BCUT2D eigenvalue weighted by Gasteiger charge is -2.16. The fourth-order valence-corrected chi connectivity index (χ4v) is 2.28. The summed E-state index contributed by atoms with van der Waals surface area (Å²) in [6.07, 6.45) is 3.11. The molecule has 0 saturated carbocycles. The van der Waals surface area contributed by atoms with E-state index >= 15 is 0 Å². The van der Waals surface area contributed by atoms with Crippen LogP contribution in [0.15, 0.2) is 55.1 Å². The Morgan fingerprint density at radius 2 is 2.00 bits per heavy atom. The number of hydrogen-bond acceptors (Lipinski definition) is 4. The van der Waals surface area contributed by atoms with Gasteiger partial charge in [-0.3, -0.25) is 0 Å². The van der Waals surface area contributed by atoms with Crippen LogP contribution in [0.3, 0.4) is 0 Å². The van der Waals surface area contributed by atoms with Crippen molar-refractivity contribution in [2.75, 3.05) is 5.32 Å². The van der Waals surface area contributed by atoms with Gasteiger partial charge in [-0.15, -0.1) is 0 Å². The maximum absolute atomic E-state index is 13.9. The van der Waals surface area contributed by atoms with Crippen molar-refractivity contribution in [1.82, 2.24) is 14.8 Å². The molecule has 1 heterocycles. The monoisotopic (exact) mass is 307 g/mol. The topological polar surface area (TPSA) is 66.5 Å². The normalized spacial score (nSPS) is 11.7. The van der Waals surface area contributed by atoms with E-state index < -0.39 is 5.82 Å². The third-order valence-corrected chi connectivity index (χ3v) is 3.55. The number of halogens is 1. The molecule has 1 aromatic heterocycles. The number of anilines is 1. The number of hydrogen-bond donors (Lipinski definition) is 1. The lowest BCUT2D eigenvalue weighted by atomic mass is 10.1. The summed E-state index contributed by atoms with van der Waals surface area (Å²) in [5.74, 6) is -0.435. The molecule has 5 nitrogen and oxygen atoms in total. The average molecular weight is 307 g/mol. The van der Waals surface area contributed by atoms with E-state index in [2.05, 4.69) is 15.4 Å². The van der Waals surface area contributed by atoms with Gasteiger partial charge in [-0.2, -0.15) is 10.4 Å². The molecule has 0 amide bonds. The van der Waals surface area contributed by atoms with E-state index in [0.29, 0.717) is 11.3 Å². The molecule has 0 radical (unpaired) electrons. The molecule has 6 heteroatoms. The Kier molecular flexibility index (Phi) is 4.02. The zero-order chi connectivity index (χ0) is 16.2. The highest BCUT2D eigenvalue weighted by atomic mass is 19.1. The minimum Gasteiger partial charge on any atom is -0.376 e. The van der Waals surface area contributed by atoms with Crippen molar-refractivity contribution in [2.24, 2.45) is 0 Å². The quantitative estimate of drug-likeness (QED) is 0.801. The Morgan fingerprint density at radius 1 is 1.22 bits per heavy atom.